The second-order valence-electron chi connectivity index (χ2n) is 4.54. The van der Waals surface area contributed by atoms with Gasteiger partial charge in [-0.2, -0.15) is 13.2 Å². The Balaban J connectivity index is 3.03. The van der Waals surface area contributed by atoms with Gasteiger partial charge in [-0.1, -0.05) is 19.1 Å². The van der Waals surface area contributed by atoms with Crippen LogP contribution in [0.2, 0.25) is 0 Å². The summed E-state index contributed by atoms with van der Waals surface area (Å²) in [6.07, 6.45) is -1.24. The van der Waals surface area contributed by atoms with Gasteiger partial charge >= 0.3 is 6.18 Å². The van der Waals surface area contributed by atoms with Crippen LogP contribution in [0.15, 0.2) is 12.1 Å². The Morgan fingerprint density at radius 1 is 1.17 bits per heavy atom. The standard InChI is InChI=1S/C14H20F3N/c1-3-12-9-11(6-4-5-7-18)8-10(2)13(12)14(15,16)17/h8-9H,3-7,18H2,1-2H3. The van der Waals surface area contributed by atoms with Crippen LogP contribution in [0.25, 0.3) is 0 Å². The molecule has 0 atom stereocenters. The summed E-state index contributed by atoms with van der Waals surface area (Å²) in [6.45, 7) is 3.92. The zero-order valence-electron chi connectivity index (χ0n) is 10.9. The van der Waals surface area contributed by atoms with E-state index in [1.54, 1.807) is 19.1 Å². The summed E-state index contributed by atoms with van der Waals surface area (Å²) < 4.78 is 38.8. The maximum Gasteiger partial charge on any atom is 0.416 e. The van der Waals surface area contributed by atoms with Crippen molar-refractivity contribution in [1.29, 1.82) is 0 Å². The zero-order chi connectivity index (χ0) is 13.8. The van der Waals surface area contributed by atoms with Gasteiger partial charge in [-0.3, -0.25) is 0 Å². The van der Waals surface area contributed by atoms with Crippen LogP contribution in [0.3, 0.4) is 0 Å². The molecule has 0 heterocycles. The molecule has 0 aliphatic rings. The number of rotatable bonds is 5. The summed E-state index contributed by atoms with van der Waals surface area (Å²) in [5.41, 5.74) is 6.64. The second kappa shape index (κ2) is 6.23. The topological polar surface area (TPSA) is 26.0 Å². The van der Waals surface area contributed by atoms with Crippen molar-refractivity contribution in [3.05, 3.63) is 34.4 Å². The second-order valence-corrected chi connectivity index (χ2v) is 4.54. The van der Waals surface area contributed by atoms with Crippen molar-refractivity contribution in [2.75, 3.05) is 6.54 Å². The lowest BCUT2D eigenvalue weighted by molar-refractivity contribution is -0.138. The van der Waals surface area contributed by atoms with Gasteiger partial charge in [-0.05, 0) is 55.8 Å². The highest BCUT2D eigenvalue weighted by molar-refractivity contribution is 5.40. The molecule has 0 spiro atoms. The van der Waals surface area contributed by atoms with Gasteiger partial charge in [-0.15, -0.1) is 0 Å². The number of hydrogen-bond donors (Lipinski definition) is 1. The van der Waals surface area contributed by atoms with Crippen LogP contribution in [0.5, 0.6) is 0 Å². The van der Waals surface area contributed by atoms with E-state index in [2.05, 4.69) is 0 Å². The van der Waals surface area contributed by atoms with E-state index in [1.807, 2.05) is 0 Å². The van der Waals surface area contributed by atoms with E-state index in [4.69, 9.17) is 5.73 Å². The Kier molecular flexibility index (Phi) is 5.20. The Morgan fingerprint density at radius 2 is 1.83 bits per heavy atom. The number of alkyl halides is 3. The summed E-state index contributed by atoms with van der Waals surface area (Å²) in [5, 5.41) is 0. The zero-order valence-corrected chi connectivity index (χ0v) is 10.9. The first kappa shape index (κ1) is 15.0. The smallest absolute Gasteiger partial charge is 0.330 e. The molecule has 2 N–H and O–H groups in total. The van der Waals surface area contributed by atoms with Crippen molar-refractivity contribution in [3.63, 3.8) is 0 Å². The van der Waals surface area contributed by atoms with Gasteiger partial charge in [0.25, 0.3) is 0 Å². The lowest BCUT2D eigenvalue weighted by Crippen LogP contribution is -2.12. The molecule has 0 aliphatic carbocycles. The molecule has 1 nitrogen and oxygen atoms in total. The van der Waals surface area contributed by atoms with Gasteiger partial charge < -0.3 is 5.73 Å². The molecule has 1 aromatic rings. The van der Waals surface area contributed by atoms with Crippen LogP contribution >= 0.6 is 0 Å². The summed E-state index contributed by atoms with van der Waals surface area (Å²) in [4.78, 5) is 0. The first-order chi connectivity index (χ1) is 8.40. The van der Waals surface area contributed by atoms with Crippen LogP contribution in [0.1, 0.15) is 42.0 Å². The Morgan fingerprint density at radius 3 is 2.33 bits per heavy atom. The molecule has 0 radical (unpaired) electrons. The van der Waals surface area contributed by atoms with E-state index in [1.165, 1.54) is 6.92 Å². The predicted molar refractivity (Wildman–Crippen MR) is 67.6 cm³/mol. The average molecular weight is 259 g/mol. The molecule has 0 aromatic heterocycles. The third-order valence-corrected chi connectivity index (χ3v) is 3.06. The van der Waals surface area contributed by atoms with Crippen LogP contribution in [0.4, 0.5) is 13.2 Å². The molecule has 0 fully saturated rings. The van der Waals surface area contributed by atoms with Gasteiger partial charge in [0.1, 0.15) is 0 Å². The summed E-state index contributed by atoms with van der Waals surface area (Å²) in [5.74, 6) is 0. The molecule has 0 saturated heterocycles. The van der Waals surface area contributed by atoms with Gasteiger partial charge in [0.15, 0.2) is 0 Å². The molecular weight excluding hydrogens is 239 g/mol. The molecular formula is C14H20F3N. The van der Waals surface area contributed by atoms with Gasteiger partial charge in [-0.25, -0.2) is 0 Å². The fourth-order valence-corrected chi connectivity index (χ4v) is 2.24. The Bertz CT molecular complexity index is 397. The minimum Gasteiger partial charge on any atom is -0.330 e. The molecule has 4 heteroatoms. The van der Waals surface area contributed by atoms with E-state index in [-0.39, 0.29) is 0 Å². The fraction of sp³-hybridized carbons (Fsp3) is 0.571. The first-order valence-electron chi connectivity index (χ1n) is 6.29. The molecule has 0 amide bonds. The molecule has 0 bridgehead atoms. The van der Waals surface area contributed by atoms with Crippen LogP contribution in [0, 0.1) is 6.92 Å². The highest BCUT2D eigenvalue weighted by Gasteiger charge is 2.34. The predicted octanol–water partition coefficient (Wildman–Crippen LogP) is 3.86. The molecule has 18 heavy (non-hydrogen) atoms. The largest absolute Gasteiger partial charge is 0.416 e. The fourth-order valence-electron chi connectivity index (χ4n) is 2.24. The number of hydrogen-bond acceptors (Lipinski definition) is 1. The molecule has 0 unspecified atom stereocenters. The maximum atomic E-state index is 12.9. The number of nitrogens with two attached hydrogens (primary N) is 1. The molecule has 102 valence electrons. The van der Waals surface area contributed by atoms with E-state index in [0.29, 0.717) is 24.1 Å². The summed E-state index contributed by atoms with van der Waals surface area (Å²) in [6, 6.07) is 3.34. The van der Waals surface area contributed by atoms with Gasteiger partial charge in [0, 0.05) is 0 Å². The highest BCUT2D eigenvalue weighted by Crippen LogP contribution is 2.35. The van der Waals surface area contributed by atoms with Crippen molar-refractivity contribution in [2.45, 2.75) is 45.7 Å². The first-order valence-corrected chi connectivity index (χ1v) is 6.29. The van der Waals surface area contributed by atoms with E-state index in [0.717, 1.165) is 24.8 Å². The van der Waals surface area contributed by atoms with Crippen LogP contribution in [-0.4, -0.2) is 6.54 Å². The number of halogens is 3. The van der Waals surface area contributed by atoms with Crippen molar-refractivity contribution >= 4 is 0 Å². The van der Waals surface area contributed by atoms with Crippen molar-refractivity contribution in [3.8, 4) is 0 Å². The molecule has 1 rings (SSSR count). The molecule has 0 aliphatic heterocycles. The third-order valence-electron chi connectivity index (χ3n) is 3.06. The average Bonchev–Trinajstić information content (AvgIpc) is 2.26. The third kappa shape index (κ3) is 3.73. The minimum absolute atomic E-state index is 0.324. The van der Waals surface area contributed by atoms with Crippen molar-refractivity contribution < 1.29 is 13.2 Å². The maximum absolute atomic E-state index is 12.9. The normalized spacial score (nSPS) is 11.9. The SMILES string of the molecule is CCc1cc(CCCCN)cc(C)c1C(F)(F)F. The summed E-state index contributed by atoms with van der Waals surface area (Å²) in [7, 11) is 0. The monoisotopic (exact) mass is 259 g/mol. The van der Waals surface area contributed by atoms with E-state index >= 15 is 0 Å². The van der Waals surface area contributed by atoms with Crippen molar-refractivity contribution in [2.24, 2.45) is 5.73 Å². The van der Waals surface area contributed by atoms with Crippen LogP contribution in [-0.2, 0) is 19.0 Å². The van der Waals surface area contributed by atoms with Gasteiger partial charge in [0.2, 0.25) is 0 Å². The highest BCUT2D eigenvalue weighted by atomic mass is 19.4. The quantitative estimate of drug-likeness (QED) is 0.798. The van der Waals surface area contributed by atoms with E-state index < -0.39 is 11.7 Å². The van der Waals surface area contributed by atoms with Crippen LogP contribution < -0.4 is 5.73 Å². The lowest BCUT2D eigenvalue weighted by Gasteiger charge is -2.16. The number of unbranched alkanes of at least 4 members (excludes halogenated alkanes) is 1. The Labute approximate surface area is 106 Å². The number of benzene rings is 1. The molecule has 1 aromatic carbocycles. The van der Waals surface area contributed by atoms with Crippen molar-refractivity contribution in [1.82, 2.24) is 0 Å². The lowest BCUT2D eigenvalue weighted by atomic mass is 9.94. The Hall–Kier alpha value is -1.03. The van der Waals surface area contributed by atoms with E-state index in [9.17, 15) is 13.2 Å². The number of aryl methyl sites for hydroxylation is 3. The summed E-state index contributed by atoms with van der Waals surface area (Å²) >= 11 is 0. The van der Waals surface area contributed by atoms with Gasteiger partial charge in [0.05, 0.1) is 5.56 Å². The minimum atomic E-state index is -4.26. The molecule has 0 saturated carbocycles.